The molecule has 1 saturated heterocycles. The Labute approximate surface area is 157 Å². The average Bonchev–Trinajstić information content (AvgIpc) is 3.18. The number of aliphatic hydroxyl groups is 2. The lowest BCUT2D eigenvalue weighted by molar-refractivity contribution is -0.0843. The van der Waals surface area contributed by atoms with Gasteiger partial charge >= 0.3 is 0 Å². The lowest BCUT2D eigenvalue weighted by Crippen LogP contribution is -2.35. The molecule has 0 unspecified atom stereocenters. The van der Waals surface area contributed by atoms with Crippen LogP contribution in [0.2, 0.25) is 0 Å². The highest BCUT2D eigenvalue weighted by atomic mass is 16.6. The van der Waals surface area contributed by atoms with E-state index < -0.39 is 24.5 Å². The van der Waals surface area contributed by atoms with Gasteiger partial charge in [-0.25, -0.2) is 15.0 Å². The Kier molecular flexibility index (Phi) is 5.53. The summed E-state index contributed by atoms with van der Waals surface area (Å²) in [7, 11) is 0. The molecule has 3 heterocycles. The minimum absolute atomic E-state index is 0.193. The Morgan fingerprint density at radius 3 is 2.59 bits per heavy atom. The van der Waals surface area contributed by atoms with Gasteiger partial charge in [-0.1, -0.05) is 32.1 Å². The third-order valence-electron chi connectivity index (χ3n) is 5.55. The van der Waals surface area contributed by atoms with Crippen molar-refractivity contribution in [2.24, 2.45) is 0 Å². The first-order valence-electron chi connectivity index (χ1n) is 9.71. The Morgan fingerprint density at radius 1 is 1.07 bits per heavy atom. The highest BCUT2D eigenvalue weighted by molar-refractivity contribution is 5.81. The van der Waals surface area contributed by atoms with Gasteiger partial charge in [0.2, 0.25) is 0 Å². The molecular formula is C18H27N5O4. The van der Waals surface area contributed by atoms with E-state index in [1.54, 1.807) is 4.57 Å². The van der Waals surface area contributed by atoms with Gasteiger partial charge in [-0.2, -0.15) is 0 Å². The summed E-state index contributed by atoms with van der Waals surface area (Å²) in [5.41, 5.74) is 6.71. The van der Waals surface area contributed by atoms with Gasteiger partial charge < -0.3 is 25.4 Å². The summed E-state index contributed by atoms with van der Waals surface area (Å²) in [6.45, 7) is 0.253. The summed E-state index contributed by atoms with van der Waals surface area (Å²) in [6.07, 6.45) is 7.70. The van der Waals surface area contributed by atoms with Gasteiger partial charge in [-0.15, -0.1) is 0 Å². The smallest absolute Gasteiger partial charge is 0.167 e. The number of imidazole rings is 1. The standard InChI is InChI=1S/C18H27N5O4/c19-16-13-17(21-9-20-16)23(10-22-13)18-15(25)14(24)12(27-18)8-26-11-6-4-2-1-3-5-7-11/h9-12,14-15,18,24-25H,1-8H2,(H2,19,20,21)/t12-,14-,15-,18-/m1/s1. The molecule has 4 atom stereocenters. The van der Waals surface area contributed by atoms with Crippen molar-refractivity contribution >= 4 is 17.0 Å². The van der Waals surface area contributed by atoms with Crippen LogP contribution in [0.3, 0.4) is 0 Å². The molecular weight excluding hydrogens is 350 g/mol. The van der Waals surface area contributed by atoms with Crippen LogP contribution in [0.1, 0.15) is 51.2 Å². The normalized spacial score (nSPS) is 30.4. The third kappa shape index (κ3) is 3.77. The van der Waals surface area contributed by atoms with E-state index in [1.807, 2.05) is 0 Å². The first-order valence-corrected chi connectivity index (χ1v) is 9.71. The molecule has 1 saturated carbocycles. The lowest BCUT2D eigenvalue weighted by Gasteiger charge is -2.23. The molecule has 9 heteroatoms. The van der Waals surface area contributed by atoms with E-state index in [-0.39, 0.29) is 18.5 Å². The summed E-state index contributed by atoms with van der Waals surface area (Å²) in [4.78, 5) is 12.3. The molecule has 2 fully saturated rings. The van der Waals surface area contributed by atoms with Crippen molar-refractivity contribution < 1.29 is 19.7 Å². The van der Waals surface area contributed by atoms with E-state index in [2.05, 4.69) is 15.0 Å². The van der Waals surface area contributed by atoms with Crippen LogP contribution in [-0.2, 0) is 9.47 Å². The second-order valence-electron chi connectivity index (χ2n) is 7.43. The summed E-state index contributed by atoms with van der Waals surface area (Å²) in [6, 6.07) is 0. The predicted octanol–water partition coefficient (Wildman–Crippen LogP) is 1.16. The molecule has 0 spiro atoms. The molecule has 0 bridgehead atoms. The molecule has 0 aromatic carbocycles. The fraction of sp³-hybridized carbons (Fsp3) is 0.722. The van der Waals surface area contributed by atoms with Crippen LogP contribution >= 0.6 is 0 Å². The number of ether oxygens (including phenoxy) is 2. The number of hydrogen-bond donors (Lipinski definition) is 3. The monoisotopic (exact) mass is 377 g/mol. The summed E-state index contributed by atoms with van der Waals surface area (Å²) >= 11 is 0. The van der Waals surface area contributed by atoms with Gasteiger partial charge in [0, 0.05) is 0 Å². The highest BCUT2D eigenvalue weighted by Gasteiger charge is 2.44. The van der Waals surface area contributed by atoms with Gasteiger partial charge in [0.15, 0.2) is 17.7 Å². The predicted molar refractivity (Wildman–Crippen MR) is 97.7 cm³/mol. The number of nitrogens with zero attached hydrogens (tertiary/aromatic N) is 4. The molecule has 2 aliphatic rings. The molecule has 148 valence electrons. The zero-order valence-electron chi connectivity index (χ0n) is 15.3. The van der Waals surface area contributed by atoms with E-state index in [4.69, 9.17) is 15.2 Å². The summed E-state index contributed by atoms with van der Waals surface area (Å²) in [5.74, 6) is 0.260. The molecule has 2 aromatic heterocycles. The number of anilines is 1. The minimum atomic E-state index is -1.11. The average molecular weight is 377 g/mol. The van der Waals surface area contributed by atoms with Crippen LogP contribution in [-0.4, -0.2) is 60.8 Å². The molecule has 2 aromatic rings. The van der Waals surface area contributed by atoms with Crippen molar-refractivity contribution in [3.63, 3.8) is 0 Å². The Hall–Kier alpha value is -1.81. The van der Waals surface area contributed by atoms with Gasteiger partial charge in [0.05, 0.1) is 19.0 Å². The topological polar surface area (TPSA) is 129 Å². The van der Waals surface area contributed by atoms with Crippen LogP contribution in [0.5, 0.6) is 0 Å². The second-order valence-corrected chi connectivity index (χ2v) is 7.43. The van der Waals surface area contributed by atoms with Gasteiger partial charge in [0.25, 0.3) is 0 Å². The van der Waals surface area contributed by atoms with Crippen molar-refractivity contribution in [3.8, 4) is 0 Å². The van der Waals surface area contributed by atoms with E-state index in [0.29, 0.717) is 11.2 Å². The van der Waals surface area contributed by atoms with Crippen LogP contribution in [0, 0.1) is 0 Å². The maximum absolute atomic E-state index is 10.5. The third-order valence-corrected chi connectivity index (χ3v) is 5.55. The van der Waals surface area contributed by atoms with Gasteiger partial charge in [-0.3, -0.25) is 4.57 Å². The molecule has 27 heavy (non-hydrogen) atoms. The fourth-order valence-corrected chi connectivity index (χ4v) is 3.97. The van der Waals surface area contributed by atoms with Gasteiger partial charge in [-0.05, 0) is 12.8 Å². The molecule has 1 aliphatic heterocycles. The maximum Gasteiger partial charge on any atom is 0.167 e. The molecule has 1 aliphatic carbocycles. The van der Waals surface area contributed by atoms with Crippen LogP contribution < -0.4 is 5.73 Å². The zero-order chi connectivity index (χ0) is 18.8. The van der Waals surface area contributed by atoms with Gasteiger partial charge in [0.1, 0.15) is 30.2 Å². The minimum Gasteiger partial charge on any atom is -0.387 e. The van der Waals surface area contributed by atoms with Crippen molar-refractivity contribution in [1.29, 1.82) is 0 Å². The lowest BCUT2D eigenvalue weighted by atomic mass is 9.98. The molecule has 9 nitrogen and oxygen atoms in total. The maximum atomic E-state index is 10.5. The van der Waals surface area contributed by atoms with Crippen LogP contribution in [0.15, 0.2) is 12.7 Å². The van der Waals surface area contributed by atoms with E-state index in [1.165, 1.54) is 44.8 Å². The largest absolute Gasteiger partial charge is 0.387 e. The number of rotatable bonds is 4. The second kappa shape index (κ2) is 8.05. The zero-order valence-corrected chi connectivity index (χ0v) is 15.3. The summed E-state index contributed by atoms with van der Waals surface area (Å²) in [5, 5.41) is 20.9. The first-order chi connectivity index (χ1) is 13.1. The Morgan fingerprint density at radius 2 is 1.81 bits per heavy atom. The number of aliphatic hydroxyl groups excluding tert-OH is 2. The molecule has 0 amide bonds. The molecule has 4 rings (SSSR count). The van der Waals surface area contributed by atoms with Crippen molar-refractivity contribution in [2.75, 3.05) is 12.3 Å². The quantitative estimate of drug-likeness (QED) is 0.724. The Bertz CT molecular complexity index is 761. The van der Waals surface area contributed by atoms with Crippen molar-refractivity contribution in [2.45, 2.75) is 75.6 Å². The van der Waals surface area contributed by atoms with Crippen molar-refractivity contribution in [1.82, 2.24) is 19.5 Å². The Balaban J connectivity index is 1.43. The molecule has 4 N–H and O–H groups in total. The SMILES string of the molecule is Nc1ncnc2c1ncn2[C@@H]1O[C@H](COC2CCCCCCC2)[C@@H](O)[C@H]1O. The number of hydrogen-bond acceptors (Lipinski definition) is 8. The van der Waals surface area contributed by atoms with Crippen molar-refractivity contribution in [3.05, 3.63) is 12.7 Å². The fourth-order valence-electron chi connectivity index (χ4n) is 3.97. The highest BCUT2D eigenvalue weighted by Crippen LogP contribution is 2.32. The number of fused-ring (bicyclic) bond motifs is 1. The van der Waals surface area contributed by atoms with E-state index in [0.717, 1.165) is 12.8 Å². The number of nitrogen functional groups attached to an aromatic ring is 1. The number of nitrogens with two attached hydrogens (primary N) is 1. The van der Waals surface area contributed by atoms with E-state index in [9.17, 15) is 10.2 Å². The summed E-state index contributed by atoms with van der Waals surface area (Å²) < 4.78 is 13.5. The number of aromatic nitrogens is 4. The first kappa shape index (κ1) is 18.5. The molecule has 0 radical (unpaired) electrons. The van der Waals surface area contributed by atoms with Crippen LogP contribution in [0.25, 0.3) is 11.2 Å². The van der Waals surface area contributed by atoms with Crippen LogP contribution in [0.4, 0.5) is 5.82 Å². The van der Waals surface area contributed by atoms with E-state index >= 15 is 0 Å².